The molecule has 0 unspecified atom stereocenters. The Morgan fingerprint density at radius 2 is 1.51 bits per heavy atom. The third-order valence-electron chi connectivity index (χ3n) is 9.89. The van der Waals surface area contributed by atoms with Crippen molar-refractivity contribution in [1.82, 2.24) is 4.98 Å². The van der Waals surface area contributed by atoms with Crippen molar-refractivity contribution >= 4 is 22.2 Å². The van der Waals surface area contributed by atoms with Crippen LogP contribution < -0.4 is 4.90 Å². The Labute approximate surface area is 297 Å². The van der Waals surface area contributed by atoms with Crippen molar-refractivity contribution < 1.29 is 30.0 Å². The van der Waals surface area contributed by atoms with Gasteiger partial charge in [0.25, 0.3) is 0 Å². The molecule has 1 N–H and O–H groups in total. The van der Waals surface area contributed by atoms with E-state index in [0.29, 0.717) is 0 Å². The van der Waals surface area contributed by atoms with Crippen LogP contribution in [0.4, 0.5) is 5.69 Å². The molecule has 4 nitrogen and oxygen atoms in total. The van der Waals surface area contributed by atoms with Gasteiger partial charge in [-0.05, 0) is 62.1 Å². The van der Waals surface area contributed by atoms with Gasteiger partial charge in [-0.15, -0.1) is 29.1 Å². The molecule has 0 spiro atoms. The van der Waals surface area contributed by atoms with Crippen molar-refractivity contribution in [3.8, 4) is 22.4 Å². The van der Waals surface area contributed by atoms with E-state index >= 15 is 0 Å². The first-order valence-corrected chi connectivity index (χ1v) is 17.0. The molecule has 1 aliphatic heterocycles. The zero-order valence-electron chi connectivity index (χ0n) is 30.0. The van der Waals surface area contributed by atoms with Crippen LogP contribution in [0.2, 0.25) is 0 Å². The minimum atomic E-state index is -0.134. The number of ketones is 1. The summed E-state index contributed by atoms with van der Waals surface area (Å²) in [5, 5.41) is 12.2. The number of carbonyl (C=O) groups is 1. The van der Waals surface area contributed by atoms with Gasteiger partial charge in [-0.3, -0.25) is 9.78 Å². The molecule has 1 aliphatic rings. The van der Waals surface area contributed by atoms with Gasteiger partial charge in [0.15, 0.2) is 5.78 Å². The molecule has 0 aliphatic carbocycles. The van der Waals surface area contributed by atoms with Crippen molar-refractivity contribution in [2.45, 2.75) is 99.0 Å². The molecule has 5 heteroatoms. The van der Waals surface area contributed by atoms with Crippen molar-refractivity contribution in [3.63, 3.8) is 0 Å². The van der Waals surface area contributed by atoms with Crippen LogP contribution in [0.15, 0.2) is 78.7 Å². The number of aliphatic hydroxyl groups excluding tert-OH is 1. The number of aliphatic hydroxyl groups is 1. The molecule has 253 valence electrons. The van der Waals surface area contributed by atoms with Gasteiger partial charge in [-0.1, -0.05) is 102 Å². The Hall–Kier alpha value is -3.27. The fourth-order valence-electron chi connectivity index (χ4n) is 6.68. The molecule has 1 radical (unpaired) electrons. The van der Waals surface area contributed by atoms with Gasteiger partial charge in [-0.25, -0.2) is 0 Å². The minimum Gasteiger partial charge on any atom is -0.512 e. The Morgan fingerprint density at radius 1 is 0.915 bits per heavy atom. The Kier molecular flexibility index (Phi) is 12.8. The molecule has 0 fully saturated rings. The molecule has 2 heterocycles. The second-order valence-electron chi connectivity index (χ2n) is 14.1. The largest absolute Gasteiger partial charge is 0.512 e. The summed E-state index contributed by atoms with van der Waals surface area (Å²) in [6.45, 7) is 19.5. The fourth-order valence-corrected chi connectivity index (χ4v) is 6.68. The molecule has 1 aromatic heterocycles. The molecule has 5 rings (SSSR count). The van der Waals surface area contributed by atoms with Gasteiger partial charge in [0.1, 0.15) is 0 Å². The van der Waals surface area contributed by atoms with Gasteiger partial charge in [-0.2, -0.15) is 0 Å². The summed E-state index contributed by atoms with van der Waals surface area (Å²) in [6.07, 6.45) is 6.85. The van der Waals surface area contributed by atoms with Crippen LogP contribution in [0, 0.1) is 17.9 Å². The number of carbonyl (C=O) groups excluding carboxylic acids is 1. The first-order chi connectivity index (χ1) is 21.8. The Morgan fingerprint density at radius 3 is 2.13 bits per heavy atom. The second-order valence-corrected chi connectivity index (χ2v) is 14.1. The number of fused-ring (bicyclic) bond motifs is 4. The van der Waals surface area contributed by atoms with Crippen LogP contribution in [-0.4, -0.2) is 22.9 Å². The molecule has 4 aromatic rings. The van der Waals surface area contributed by atoms with Gasteiger partial charge in [0.2, 0.25) is 0 Å². The molecule has 47 heavy (non-hydrogen) atoms. The topological polar surface area (TPSA) is 53.4 Å². The normalized spacial score (nSPS) is 13.9. The van der Waals surface area contributed by atoms with E-state index in [9.17, 15) is 9.90 Å². The van der Waals surface area contributed by atoms with Crippen LogP contribution in [0.1, 0.15) is 99.1 Å². The monoisotopic (exact) mass is 810 g/mol. The van der Waals surface area contributed by atoms with Crippen molar-refractivity contribution in [3.05, 3.63) is 95.9 Å². The SMILES string of the molecule is CCC(CC)C(=O)/C=C(\O)C(CC)CC.CN1c2c(ccnc2-c2[c-]c3ccccc3c(C(C)(C)C)c2)-c2ccccc2C1(C)C.[Ir]. The molecule has 0 bridgehead atoms. The maximum atomic E-state index is 11.7. The van der Waals surface area contributed by atoms with Crippen molar-refractivity contribution in [2.75, 3.05) is 11.9 Å². The fraction of sp³-hybridized carbons (Fsp3) is 0.429. The molecular formula is C42H53IrN2O2-. The predicted molar refractivity (Wildman–Crippen MR) is 195 cm³/mol. The van der Waals surface area contributed by atoms with E-state index in [4.69, 9.17) is 4.98 Å². The number of benzene rings is 3. The second kappa shape index (κ2) is 15.8. The summed E-state index contributed by atoms with van der Waals surface area (Å²) in [6, 6.07) is 25.4. The first kappa shape index (κ1) is 38.2. The van der Waals surface area contributed by atoms with E-state index < -0.39 is 0 Å². The molecular weight excluding hydrogens is 757 g/mol. The Bertz CT molecular complexity index is 1710. The van der Waals surface area contributed by atoms with Gasteiger partial charge >= 0.3 is 0 Å². The van der Waals surface area contributed by atoms with E-state index in [2.05, 4.69) is 113 Å². The number of allylic oxidation sites excluding steroid dienone is 2. The third kappa shape index (κ3) is 7.90. The zero-order chi connectivity index (χ0) is 33.8. The van der Waals surface area contributed by atoms with Gasteiger partial charge in [0.05, 0.1) is 11.3 Å². The standard InChI is InChI=1S/C29H29N2.C13H24O2.Ir/c1-28(2,3)25-18-20(17-19-11-7-8-12-21(19)25)26-27-23(15-16-30-26)22-13-9-10-14-24(22)29(4,5)31(27)6;1-5-10(6-2)12(14)9-13(15)11(7-3)8-4;/h7-16,18H,1-6H3;9-11,14H,5-8H2,1-4H3;/q-1;;/b;12-9-;. The van der Waals surface area contributed by atoms with Crippen LogP contribution >= 0.6 is 0 Å². The first-order valence-electron chi connectivity index (χ1n) is 17.0. The average Bonchev–Trinajstić information content (AvgIpc) is 3.04. The Balaban J connectivity index is 0.000000322. The molecule has 0 saturated heterocycles. The summed E-state index contributed by atoms with van der Waals surface area (Å²) in [5.41, 5.74) is 8.33. The number of rotatable bonds is 8. The van der Waals surface area contributed by atoms with Gasteiger partial charge < -0.3 is 10.0 Å². The number of anilines is 1. The summed E-state index contributed by atoms with van der Waals surface area (Å²) < 4.78 is 0. The van der Waals surface area contributed by atoms with Crippen molar-refractivity contribution in [1.29, 1.82) is 0 Å². The van der Waals surface area contributed by atoms with E-state index in [1.807, 2.05) is 33.9 Å². The van der Waals surface area contributed by atoms with E-state index in [-0.39, 0.29) is 54.4 Å². The maximum Gasteiger partial charge on any atom is 0.162 e. The van der Waals surface area contributed by atoms with Crippen LogP contribution in [-0.2, 0) is 35.9 Å². The minimum absolute atomic E-state index is 0. The quantitative estimate of drug-likeness (QED) is 0.109. The number of pyridine rings is 1. The van der Waals surface area contributed by atoms with Crippen molar-refractivity contribution in [2.24, 2.45) is 11.8 Å². The summed E-state index contributed by atoms with van der Waals surface area (Å²) in [4.78, 5) is 19.0. The smallest absolute Gasteiger partial charge is 0.162 e. The van der Waals surface area contributed by atoms with Gasteiger partial charge in [0, 0.05) is 68.2 Å². The third-order valence-corrected chi connectivity index (χ3v) is 9.89. The zero-order valence-corrected chi connectivity index (χ0v) is 32.4. The van der Waals surface area contributed by atoms with Crippen LogP contribution in [0.5, 0.6) is 0 Å². The maximum absolute atomic E-state index is 11.7. The van der Waals surface area contributed by atoms with Crippen LogP contribution in [0.25, 0.3) is 33.2 Å². The van der Waals surface area contributed by atoms with Crippen LogP contribution in [0.3, 0.4) is 0 Å². The molecule has 0 amide bonds. The molecule has 0 saturated carbocycles. The predicted octanol–water partition coefficient (Wildman–Crippen LogP) is 11.2. The molecule has 3 aromatic carbocycles. The van der Waals surface area contributed by atoms with E-state index in [1.54, 1.807) is 0 Å². The summed E-state index contributed by atoms with van der Waals surface area (Å²) in [5.74, 6) is 0.547. The average molecular weight is 810 g/mol. The number of nitrogens with zero attached hydrogens (tertiary/aromatic N) is 2. The summed E-state index contributed by atoms with van der Waals surface area (Å²) in [7, 11) is 2.19. The molecule has 0 atom stereocenters. The number of aromatic nitrogens is 1. The van der Waals surface area contributed by atoms with E-state index in [1.165, 1.54) is 39.4 Å². The number of hydrogen-bond acceptors (Lipinski definition) is 4. The number of hydrogen-bond donors (Lipinski definition) is 1. The summed E-state index contributed by atoms with van der Waals surface area (Å²) >= 11 is 0. The van der Waals surface area contributed by atoms with E-state index in [0.717, 1.165) is 42.3 Å².